The van der Waals surface area contributed by atoms with Gasteiger partial charge in [-0.15, -0.1) is 0 Å². The van der Waals surface area contributed by atoms with Gasteiger partial charge in [0.05, 0.1) is 30.6 Å². The molecular formula is C26H31ClN4O3. The van der Waals surface area contributed by atoms with Crippen LogP contribution < -0.4 is 5.32 Å². The van der Waals surface area contributed by atoms with Gasteiger partial charge >= 0.3 is 0 Å². The number of hydrogen-bond donors (Lipinski definition) is 3. The van der Waals surface area contributed by atoms with Crippen LogP contribution in [-0.2, 0) is 24.3 Å². The number of rotatable bonds is 9. The van der Waals surface area contributed by atoms with E-state index in [-0.39, 0.29) is 18.0 Å². The number of nitrogens with one attached hydrogen (secondary N) is 2. The van der Waals surface area contributed by atoms with Crippen LogP contribution in [-0.4, -0.2) is 52.4 Å². The van der Waals surface area contributed by atoms with Crippen molar-refractivity contribution in [3.8, 4) is 0 Å². The monoisotopic (exact) mass is 482 g/mol. The van der Waals surface area contributed by atoms with E-state index in [1.807, 2.05) is 42.5 Å². The van der Waals surface area contributed by atoms with E-state index in [2.05, 4.69) is 15.5 Å². The molecule has 1 unspecified atom stereocenters. The number of methoxy groups -OCH3 is 1. The summed E-state index contributed by atoms with van der Waals surface area (Å²) in [5.74, 6) is -0.0482. The molecule has 34 heavy (non-hydrogen) atoms. The summed E-state index contributed by atoms with van der Waals surface area (Å²) in [4.78, 5) is 14.5. The first-order chi connectivity index (χ1) is 16.4. The zero-order chi connectivity index (χ0) is 24.1. The molecule has 7 nitrogen and oxygen atoms in total. The van der Waals surface area contributed by atoms with Gasteiger partial charge in [-0.25, -0.2) is 0 Å². The molecule has 1 aliphatic rings. The maximum atomic E-state index is 12.8. The third-order valence-corrected chi connectivity index (χ3v) is 6.53. The highest BCUT2D eigenvalue weighted by atomic mass is 35.5. The molecule has 8 heteroatoms. The van der Waals surface area contributed by atoms with Crippen LogP contribution in [0.5, 0.6) is 0 Å². The lowest BCUT2D eigenvalue weighted by atomic mass is 10.0. The van der Waals surface area contributed by atoms with Gasteiger partial charge in [-0.05, 0) is 60.7 Å². The van der Waals surface area contributed by atoms with E-state index in [0.717, 1.165) is 41.8 Å². The van der Waals surface area contributed by atoms with Crippen molar-refractivity contribution in [1.82, 2.24) is 20.4 Å². The van der Waals surface area contributed by atoms with Crippen LogP contribution in [0.2, 0.25) is 5.02 Å². The lowest BCUT2D eigenvalue weighted by Crippen LogP contribution is -2.35. The number of H-pyrrole nitrogens is 1. The number of aromatic amines is 1. The normalized spacial score (nSPS) is 18.7. The fourth-order valence-electron chi connectivity index (χ4n) is 4.48. The zero-order valence-electron chi connectivity index (χ0n) is 19.5. The van der Waals surface area contributed by atoms with E-state index in [9.17, 15) is 9.90 Å². The molecule has 0 radical (unpaired) electrons. The summed E-state index contributed by atoms with van der Waals surface area (Å²) in [5, 5.41) is 22.1. The number of benzene rings is 2. The molecule has 1 aromatic heterocycles. The number of carbonyl (C=O) groups excluding carboxylic acids is 1. The SMILES string of the molecule is COCc1cc(CN(C)C(=O)c2ccc(C[C@@H]3CC[C@H](C(O)c4ccc(Cl)cc4)N3)cc2)n[nH]1. The molecule has 0 bridgehead atoms. The summed E-state index contributed by atoms with van der Waals surface area (Å²) < 4.78 is 5.09. The van der Waals surface area contributed by atoms with Crippen LogP contribution in [0, 0.1) is 0 Å². The van der Waals surface area contributed by atoms with Crippen molar-refractivity contribution in [2.45, 2.75) is 50.6 Å². The Morgan fingerprint density at radius 3 is 2.65 bits per heavy atom. The molecule has 2 aromatic carbocycles. The Kier molecular flexibility index (Phi) is 8.00. The minimum absolute atomic E-state index is 0.0205. The third kappa shape index (κ3) is 6.04. The molecular weight excluding hydrogens is 452 g/mol. The molecule has 0 spiro atoms. The molecule has 3 aromatic rings. The minimum atomic E-state index is -0.558. The number of nitrogens with zero attached hydrogens (tertiary/aromatic N) is 2. The Balaban J connectivity index is 1.29. The molecule has 3 N–H and O–H groups in total. The highest BCUT2D eigenvalue weighted by molar-refractivity contribution is 6.30. The van der Waals surface area contributed by atoms with E-state index in [4.69, 9.17) is 16.3 Å². The highest BCUT2D eigenvalue weighted by Crippen LogP contribution is 2.27. The number of amides is 1. The standard InChI is InChI=1S/C26H31ClN4O3/c1-31(15-22-14-23(16-34-2)30-29-22)26(33)19-5-3-17(4-6-19)13-21-11-12-24(28-21)25(32)18-7-9-20(27)10-8-18/h3-10,14,21,24-25,28,32H,11-13,15-16H2,1-2H3,(H,29,30)/t21-,24+,25?/m0/s1. The fourth-order valence-corrected chi connectivity index (χ4v) is 4.60. The van der Waals surface area contributed by atoms with E-state index in [0.29, 0.717) is 23.7 Å². The Labute approximate surface area is 205 Å². The van der Waals surface area contributed by atoms with Gasteiger partial charge in [0.2, 0.25) is 0 Å². The second-order valence-electron chi connectivity index (χ2n) is 8.92. The summed E-state index contributed by atoms with van der Waals surface area (Å²) in [5.41, 5.74) is 4.36. The zero-order valence-corrected chi connectivity index (χ0v) is 20.3. The van der Waals surface area contributed by atoms with Gasteiger partial charge in [-0.3, -0.25) is 9.89 Å². The Morgan fingerprint density at radius 2 is 1.94 bits per heavy atom. The summed E-state index contributed by atoms with van der Waals surface area (Å²) in [6, 6.07) is 17.4. The molecule has 1 fully saturated rings. The summed E-state index contributed by atoms with van der Waals surface area (Å²) in [6.45, 7) is 0.882. The van der Waals surface area contributed by atoms with E-state index in [1.165, 1.54) is 0 Å². The molecule has 2 heterocycles. The van der Waals surface area contributed by atoms with E-state index >= 15 is 0 Å². The Hall–Kier alpha value is -2.71. The van der Waals surface area contributed by atoms with Gasteiger partial charge in [0, 0.05) is 36.8 Å². The summed E-state index contributed by atoms with van der Waals surface area (Å²) in [7, 11) is 3.40. The number of aliphatic hydroxyl groups excluding tert-OH is 1. The first-order valence-corrected chi connectivity index (χ1v) is 11.9. The van der Waals surface area contributed by atoms with Crippen LogP contribution in [0.3, 0.4) is 0 Å². The van der Waals surface area contributed by atoms with Crippen molar-refractivity contribution in [3.05, 3.63) is 87.7 Å². The molecule has 1 amide bonds. The van der Waals surface area contributed by atoms with Crippen molar-refractivity contribution >= 4 is 17.5 Å². The first-order valence-electron chi connectivity index (χ1n) is 11.5. The Bertz CT molecular complexity index is 1080. The fraction of sp³-hybridized carbons (Fsp3) is 0.385. The van der Waals surface area contributed by atoms with Gasteiger partial charge in [-0.2, -0.15) is 5.10 Å². The molecule has 1 aliphatic heterocycles. The van der Waals surface area contributed by atoms with Crippen LogP contribution in [0.25, 0.3) is 0 Å². The Morgan fingerprint density at radius 1 is 1.21 bits per heavy atom. The van der Waals surface area contributed by atoms with E-state index < -0.39 is 6.10 Å². The topological polar surface area (TPSA) is 90.5 Å². The van der Waals surface area contributed by atoms with Gasteiger partial charge in [0.15, 0.2) is 0 Å². The number of halogens is 1. The summed E-state index contributed by atoms with van der Waals surface area (Å²) >= 11 is 5.96. The summed E-state index contributed by atoms with van der Waals surface area (Å²) in [6.07, 6.45) is 2.20. The van der Waals surface area contributed by atoms with Crippen molar-refractivity contribution in [1.29, 1.82) is 0 Å². The van der Waals surface area contributed by atoms with Crippen LogP contribution >= 0.6 is 11.6 Å². The second kappa shape index (κ2) is 11.1. The van der Waals surface area contributed by atoms with Crippen LogP contribution in [0.4, 0.5) is 0 Å². The van der Waals surface area contributed by atoms with Crippen LogP contribution in [0.15, 0.2) is 54.6 Å². The van der Waals surface area contributed by atoms with Gasteiger partial charge in [-0.1, -0.05) is 35.9 Å². The van der Waals surface area contributed by atoms with Gasteiger partial charge < -0.3 is 20.1 Å². The highest BCUT2D eigenvalue weighted by Gasteiger charge is 2.30. The molecule has 0 saturated carbocycles. The lowest BCUT2D eigenvalue weighted by Gasteiger charge is -2.21. The third-order valence-electron chi connectivity index (χ3n) is 6.28. The number of carbonyl (C=O) groups is 1. The van der Waals surface area contributed by atoms with Crippen molar-refractivity contribution in [2.75, 3.05) is 14.2 Å². The molecule has 0 aliphatic carbocycles. The second-order valence-corrected chi connectivity index (χ2v) is 9.36. The number of aromatic nitrogens is 2. The van der Waals surface area contributed by atoms with Crippen molar-refractivity contribution in [2.24, 2.45) is 0 Å². The average Bonchev–Trinajstić information content (AvgIpc) is 3.49. The number of hydrogen-bond acceptors (Lipinski definition) is 5. The minimum Gasteiger partial charge on any atom is -0.387 e. The predicted octanol–water partition coefficient (Wildman–Crippen LogP) is 3.88. The number of ether oxygens (including phenoxy) is 1. The van der Waals surface area contributed by atoms with Gasteiger partial charge in [0.1, 0.15) is 0 Å². The van der Waals surface area contributed by atoms with Crippen molar-refractivity contribution in [3.63, 3.8) is 0 Å². The largest absolute Gasteiger partial charge is 0.387 e. The van der Waals surface area contributed by atoms with E-state index in [1.54, 1.807) is 31.2 Å². The molecule has 3 atom stereocenters. The number of aliphatic hydroxyl groups is 1. The maximum Gasteiger partial charge on any atom is 0.253 e. The van der Waals surface area contributed by atoms with Crippen LogP contribution in [0.1, 0.15) is 51.8 Å². The predicted molar refractivity (Wildman–Crippen MR) is 132 cm³/mol. The van der Waals surface area contributed by atoms with Crippen molar-refractivity contribution < 1.29 is 14.6 Å². The molecule has 180 valence electrons. The first kappa shape index (κ1) is 24.4. The molecule has 1 saturated heterocycles. The lowest BCUT2D eigenvalue weighted by molar-refractivity contribution is 0.0783. The smallest absolute Gasteiger partial charge is 0.253 e. The maximum absolute atomic E-state index is 12.8. The quantitative estimate of drug-likeness (QED) is 0.430. The van der Waals surface area contributed by atoms with Gasteiger partial charge in [0.25, 0.3) is 5.91 Å². The molecule has 4 rings (SSSR count). The average molecular weight is 483 g/mol.